The number of alkyl halides is 3. The lowest BCUT2D eigenvalue weighted by atomic mass is 10.1. The zero-order chi connectivity index (χ0) is 22.7. The topological polar surface area (TPSA) is 49.3 Å². The average Bonchev–Trinajstić information content (AvgIpc) is 2.78. The van der Waals surface area contributed by atoms with Gasteiger partial charge >= 0.3 is 6.18 Å². The van der Waals surface area contributed by atoms with E-state index in [1.807, 2.05) is 4.90 Å². The Bertz CT molecular complexity index is 1090. The van der Waals surface area contributed by atoms with Crippen LogP contribution in [0.2, 0.25) is 0 Å². The van der Waals surface area contributed by atoms with Crippen molar-refractivity contribution >= 4 is 22.5 Å². The van der Waals surface area contributed by atoms with E-state index in [9.17, 15) is 22.4 Å². The monoisotopic (exact) mass is 446 g/mol. The number of hydrogen-bond acceptors (Lipinski definition) is 5. The van der Waals surface area contributed by atoms with Gasteiger partial charge in [0.25, 0.3) is 0 Å². The number of halogens is 4. The molecule has 32 heavy (non-hydrogen) atoms. The minimum atomic E-state index is -4.61. The van der Waals surface area contributed by atoms with Crippen molar-refractivity contribution in [2.75, 3.05) is 37.6 Å². The van der Waals surface area contributed by atoms with Crippen molar-refractivity contribution in [2.24, 2.45) is 0 Å². The largest absolute Gasteiger partial charge is 0.451 e. The molecule has 0 unspecified atom stereocenters. The first-order valence-corrected chi connectivity index (χ1v) is 10.4. The van der Waals surface area contributed by atoms with Gasteiger partial charge in [0.15, 0.2) is 5.78 Å². The highest BCUT2D eigenvalue weighted by atomic mass is 19.4. The fraction of sp³-hybridized carbons (Fsp3) is 0.348. The van der Waals surface area contributed by atoms with Gasteiger partial charge in [-0.15, -0.1) is 0 Å². The van der Waals surface area contributed by atoms with E-state index >= 15 is 0 Å². The van der Waals surface area contributed by atoms with Crippen LogP contribution in [0.3, 0.4) is 0 Å². The molecule has 0 atom stereocenters. The molecule has 0 bridgehead atoms. The Hall–Kier alpha value is -3.07. The van der Waals surface area contributed by atoms with Gasteiger partial charge in [0.1, 0.15) is 11.6 Å². The molecule has 4 rings (SSSR count). The van der Waals surface area contributed by atoms with Gasteiger partial charge in [-0.25, -0.2) is 14.4 Å². The number of carbonyl (C=O) groups excluding carboxylic acids is 1. The van der Waals surface area contributed by atoms with Crippen LogP contribution in [-0.2, 0) is 6.18 Å². The van der Waals surface area contributed by atoms with E-state index in [0.29, 0.717) is 62.3 Å². The minimum absolute atomic E-state index is 0.0317. The van der Waals surface area contributed by atoms with Gasteiger partial charge in [-0.1, -0.05) is 12.1 Å². The second-order valence-corrected chi connectivity index (χ2v) is 7.75. The Morgan fingerprint density at radius 1 is 0.938 bits per heavy atom. The highest BCUT2D eigenvalue weighted by molar-refractivity contribution is 5.96. The van der Waals surface area contributed by atoms with E-state index in [1.54, 1.807) is 24.3 Å². The molecule has 3 aromatic rings. The second kappa shape index (κ2) is 9.20. The lowest BCUT2D eigenvalue weighted by Gasteiger charge is -2.36. The molecule has 2 aromatic carbocycles. The maximum absolute atomic E-state index is 13.3. The lowest BCUT2D eigenvalue weighted by molar-refractivity contribution is -0.144. The predicted octanol–water partition coefficient (Wildman–Crippen LogP) is 4.57. The molecule has 1 fully saturated rings. The van der Waals surface area contributed by atoms with Gasteiger partial charge in [-0.05, 0) is 49.4 Å². The Kier molecular flexibility index (Phi) is 6.36. The molecule has 0 aliphatic carbocycles. The van der Waals surface area contributed by atoms with Crippen molar-refractivity contribution in [3.8, 4) is 0 Å². The van der Waals surface area contributed by atoms with Crippen LogP contribution in [0.4, 0.5) is 23.4 Å². The van der Waals surface area contributed by atoms with Crippen molar-refractivity contribution < 1.29 is 22.4 Å². The molecule has 1 saturated heterocycles. The van der Waals surface area contributed by atoms with Crippen molar-refractivity contribution in [3.63, 3.8) is 0 Å². The number of ketones is 1. The summed E-state index contributed by atoms with van der Waals surface area (Å²) in [7, 11) is 0. The summed E-state index contributed by atoms with van der Waals surface area (Å²) in [5.74, 6) is -1.24. The van der Waals surface area contributed by atoms with Crippen molar-refractivity contribution in [1.82, 2.24) is 14.9 Å². The molecule has 5 nitrogen and oxygen atoms in total. The summed E-state index contributed by atoms with van der Waals surface area (Å²) < 4.78 is 52.8. The molecule has 1 aliphatic rings. The summed E-state index contributed by atoms with van der Waals surface area (Å²) in [6.07, 6.45) is -3.60. The number of aromatic nitrogens is 2. The third kappa shape index (κ3) is 5.04. The van der Waals surface area contributed by atoms with E-state index < -0.39 is 12.0 Å². The number of piperazine rings is 1. The Labute approximate surface area is 182 Å². The molecular formula is C23H22F4N4O. The van der Waals surface area contributed by atoms with Crippen molar-refractivity contribution in [3.05, 3.63) is 65.7 Å². The van der Waals surface area contributed by atoms with Gasteiger partial charge in [-0.2, -0.15) is 13.2 Å². The van der Waals surface area contributed by atoms with Crippen molar-refractivity contribution in [2.45, 2.75) is 19.0 Å². The molecule has 1 aliphatic heterocycles. The van der Waals surface area contributed by atoms with Gasteiger partial charge in [0, 0.05) is 43.5 Å². The van der Waals surface area contributed by atoms with Crippen LogP contribution in [0.15, 0.2) is 48.5 Å². The first-order valence-electron chi connectivity index (χ1n) is 10.4. The van der Waals surface area contributed by atoms with E-state index in [4.69, 9.17) is 0 Å². The highest BCUT2D eigenvalue weighted by Gasteiger charge is 2.36. The number of fused-ring (bicyclic) bond motifs is 1. The van der Waals surface area contributed by atoms with Gasteiger partial charge in [0.2, 0.25) is 5.82 Å². The van der Waals surface area contributed by atoms with Crippen LogP contribution in [0.25, 0.3) is 10.9 Å². The molecule has 168 valence electrons. The molecular weight excluding hydrogens is 424 g/mol. The standard InChI is InChI=1S/C23H22F4N4O/c24-17-9-7-16(8-10-17)20(32)6-3-11-30-12-14-31(15-13-30)21-18-4-1-2-5-19(18)28-22(29-21)23(25,26)27/h1-2,4-5,7-10H,3,6,11-15H2. The quantitative estimate of drug-likeness (QED) is 0.410. The first kappa shape index (κ1) is 22.1. The molecule has 0 spiro atoms. The van der Waals surface area contributed by atoms with Crippen LogP contribution in [-0.4, -0.2) is 53.4 Å². The Balaban J connectivity index is 1.36. The second-order valence-electron chi connectivity index (χ2n) is 7.75. The van der Waals surface area contributed by atoms with Gasteiger partial charge < -0.3 is 4.90 Å². The van der Waals surface area contributed by atoms with Gasteiger partial charge in [-0.3, -0.25) is 9.69 Å². The van der Waals surface area contributed by atoms with Crippen LogP contribution < -0.4 is 4.90 Å². The van der Waals surface area contributed by atoms with Crippen LogP contribution in [0, 0.1) is 5.82 Å². The third-order valence-electron chi connectivity index (χ3n) is 5.55. The Morgan fingerprint density at radius 2 is 1.62 bits per heavy atom. The number of para-hydroxylation sites is 1. The zero-order valence-corrected chi connectivity index (χ0v) is 17.3. The van der Waals surface area contributed by atoms with Crippen LogP contribution in [0.1, 0.15) is 29.0 Å². The van der Waals surface area contributed by atoms with E-state index in [2.05, 4.69) is 14.9 Å². The number of rotatable bonds is 6. The van der Waals surface area contributed by atoms with Gasteiger partial charge in [0.05, 0.1) is 5.52 Å². The van der Waals surface area contributed by atoms with Crippen LogP contribution >= 0.6 is 0 Å². The van der Waals surface area contributed by atoms with Crippen molar-refractivity contribution in [1.29, 1.82) is 0 Å². The predicted molar refractivity (Wildman–Crippen MR) is 113 cm³/mol. The summed E-state index contributed by atoms with van der Waals surface area (Å²) in [6.45, 7) is 3.09. The maximum Gasteiger partial charge on any atom is 0.451 e. The molecule has 0 saturated carbocycles. The number of hydrogen-bond donors (Lipinski definition) is 0. The highest BCUT2D eigenvalue weighted by Crippen LogP contribution is 2.32. The number of carbonyl (C=O) groups is 1. The van der Waals surface area contributed by atoms with E-state index in [-0.39, 0.29) is 17.1 Å². The average molecular weight is 446 g/mol. The fourth-order valence-electron chi connectivity index (χ4n) is 3.85. The normalized spacial score (nSPS) is 15.3. The number of nitrogens with zero attached hydrogens (tertiary/aromatic N) is 4. The van der Waals surface area contributed by atoms with Crippen LogP contribution in [0.5, 0.6) is 0 Å². The summed E-state index contributed by atoms with van der Waals surface area (Å²) in [5.41, 5.74) is 0.763. The lowest BCUT2D eigenvalue weighted by Crippen LogP contribution is -2.47. The molecule has 0 amide bonds. The van der Waals surface area contributed by atoms with E-state index in [1.165, 1.54) is 24.3 Å². The molecule has 0 N–H and O–H groups in total. The first-order chi connectivity index (χ1) is 15.3. The maximum atomic E-state index is 13.3. The molecule has 1 aromatic heterocycles. The summed E-state index contributed by atoms with van der Waals surface area (Å²) in [6, 6.07) is 12.2. The minimum Gasteiger partial charge on any atom is -0.353 e. The van der Waals surface area contributed by atoms with E-state index in [0.717, 1.165) is 0 Å². The number of anilines is 1. The SMILES string of the molecule is O=C(CCCN1CCN(c2nc(C(F)(F)F)nc3ccccc23)CC1)c1ccc(F)cc1. The molecule has 2 heterocycles. The smallest absolute Gasteiger partial charge is 0.353 e. The summed E-state index contributed by atoms with van der Waals surface area (Å²) in [4.78, 5) is 23.8. The third-order valence-corrected chi connectivity index (χ3v) is 5.55. The molecule has 0 radical (unpaired) electrons. The summed E-state index contributed by atoms with van der Waals surface area (Å²) in [5, 5.41) is 0.596. The number of benzene rings is 2. The Morgan fingerprint density at radius 3 is 2.31 bits per heavy atom. The number of Topliss-reactive ketones (excluding diaryl/α,β-unsaturated/α-hetero) is 1. The summed E-state index contributed by atoms with van der Waals surface area (Å²) >= 11 is 0. The zero-order valence-electron chi connectivity index (χ0n) is 17.3. The molecule has 9 heteroatoms. The fourth-order valence-corrected chi connectivity index (χ4v) is 3.85.